The van der Waals surface area contributed by atoms with Gasteiger partial charge in [0, 0.05) is 10.2 Å². The van der Waals surface area contributed by atoms with Crippen LogP contribution in [0, 0.1) is 6.92 Å². The van der Waals surface area contributed by atoms with Gasteiger partial charge < -0.3 is 5.32 Å². The predicted octanol–water partition coefficient (Wildman–Crippen LogP) is 4.59. The van der Waals surface area contributed by atoms with Crippen LogP contribution in [0.25, 0.3) is 0 Å². The van der Waals surface area contributed by atoms with Gasteiger partial charge >= 0.3 is 0 Å². The number of rotatable bonds is 6. The van der Waals surface area contributed by atoms with E-state index in [0.29, 0.717) is 11.4 Å². The first-order valence-corrected chi connectivity index (χ1v) is 10.8. The third-order valence-corrected chi connectivity index (χ3v) is 6.39. The second-order valence-electron chi connectivity index (χ2n) is 6.22. The smallest absolute Gasteiger partial charge is 0.264 e. The summed E-state index contributed by atoms with van der Waals surface area (Å²) in [5, 5.41) is 2.73. The fourth-order valence-electron chi connectivity index (χ4n) is 2.61. The molecule has 0 spiro atoms. The van der Waals surface area contributed by atoms with Gasteiger partial charge in [0.2, 0.25) is 5.91 Å². The molecular formula is C21H19BrN2O3S. The minimum absolute atomic E-state index is 0.133. The number of sulfonamides is 1. The van der Waals surface area contributed by atoms with Crippen LogP contribution in [0.5, 0.6) is 0 Å². The van der Waals surface area contributed by atoms with E-state index >= 15 is 0 Å². The molecule has 0 fully saturated rings. The highest BCUT2D eigenvalue weighted by Crippen LogP contribution is 2.25. The van der Waals surface area contributed by atoms with E-state index in [2.05, 4.69) is 21.2 Å². The first-order valence-electron chi connectivity index (χ1n) is 8.56. The molecule has 3 aromatic carbocycles. The molecule has 1 amide bonds. The van der Waals surface area contributed by atoms with Crippen molar-refractivity contribution in [1.29, 1.82) is 0 Å². The van der Waals surface area contributed by atoms with Gasteiger partial charge in [-0.2, -0.15) is 0 Å². The van der Waals surface area contributed by atoms with Crippen LogP contribution in [0.4, 0.5) is 11.4 Å². The number of amides is 1. The number of nitrogens with one attached hydrogen (secondary N) is 1. The molecule has 0 bridgehead atoms. The second-order valence-corrected chi connectivity index (χ2v) is 8.99. The molecule has 144 valence electrons. The van der Waals surface area contributed by atoms with E-state index in [0.717, 1.165) is 14.3 Å². The molecule has 0 heterocycles. The van der Waals surface area contributed by atoms with E-state index in [1.807, 2.05) is 13.0 Å². The van der Waals surface area contributed by atoms with Gasteiger partial charge in [0.05, 0.1) is 10.6 Å². The lowest BCUT2D eigenvalue weighted by Gasteiger charge is -2.24. The molecule has 0 aliphatic rings. The highest BCUT2D eigenvalue weighted by atomic mass is 79.9. The average molecular weight is 459 g/mol. The molecule has 3 aromatic rings. The molecular weight excluding hydrogens is 440 g/mol. The summed E-state index contributed by atoms with van der Waals surface area (Å²) in [6.07, 6.45) is 0. The first kappa shape index (κ1) is 20.1. The van der Waals surface area contributed by atoms with Gasteiger partial charge in [-0.05, 0) is 55.5 Å². The van der Waals surface area contributed by atoms with Crippen LogP contribution in [0.15, 0.2) is 88.2 Å². The van der Waals surface area contributed by atoms with Gasteiger partial charge in [-0.15, -0.1) is 0 Å². The zero-order chi connectivity index (χ0) is 20.1. The number of para-hydroxylation sites is 1. The lowest BCUT2D eigenvalue weighted by atomic mass is 10.2. The van der Waals surface area contributed by atoms with Crippen LogP contribution < -0.4 is 9.62 Å². The number of carbonyl (C=O) groups is 1. The van der Waals surface area contributed by atoms with Crippen molar-refractivity contribution < 1.29 is 13.2 Å². The third-order valence-electron chi connectivity index (χ3n) is 4.07. The Bertz CT molecular complexity index is 1050. The maximum Gasteiger partial charge on any atom is 0.264 e. The fourth-order valence-corrected chi connectivity index (χ4v) is 4.30. The predicted molar refractivity (Wildman–Crippen MR) is 115 cm³/mol. The van der Waals surface area contributed by atoms with Gasteiger partial charge in [-0.1, -0.05) is 51.8 Å². The van der Waals surface area contributed by atoms with Crippen molar-refractivity contribution >= 4 is 43.2 Å². The molecule has 3 rings (SSSR count). The summed E-state index contributed by atoms with van der Waals surface area (Å²) < 4.78 is 28.4. The molecule has 28 heavy (non-hydrogen) atoms. The monoisotopic (exact) mass is 458 g/mol. The van der Waals surface area contributed by atoms with E-state index in [1.54, 1.807) is 72.8 Å². The van der Waals surface area contributed by atoms with E-state index in [-0.39, 0.29) is 11.4 Å². The van der Waals surface area contributed by atoms with Gasteiger partial charge in [0.15, 0.2) is 0 Å². The first-order chi connectivity index (χ1) is 13.4. The molecule has 0 unspecified atom stereocenters. The topological polar surface area (TPSA) is 66.5 Å². The lowest BCUT2D eigenvalue weighted by molar-refractivity contribution is -0.114. The molecule has 0 radical (unpaired) electrons. The highest BCUT2D eigenvalue weighted by molar-refractivity contribution is 9.10. The van der Waals surface area contributed by atoms with Crippen molar-refractivity contribution in [3.05, 3.63) is 88.9 Å². The summed E-state index contributed by atoms with van der Waals surface area (Å²) in [7, 11) is -3.91. The summed E-state index contributed by atoms with van der Waals surface area (Å²) in [4.78, 5) is 12.7. The maximum absolute atomic E-state index is 13.3. The fraction of sp³-hybridized carbons (Fsp3) is 0.0952. The number of benzene rings is 3. The Morgan fingerprint density at radius 1 is 0.929 bits per heavy atom. The summed E-state index contributed by atoms with van der Waals surface area (Å²) in [6, 6.07) is 22.3. The molecule has 1 N–H and O–H groups in total. The van der Waals surface area contributed by atoms with Gasteiger partial charge in [-0.25, -0.2) is 8.42 Å². The second kappa shape index (κ2) is 8.58. The lowest BCUT2D eigenvalue weighted by Crippen LogP contribution is -2.38. The standard InChI is InChI=1S/C21H19BrN2O3S/c1-16-7-13-20(14-8-16)28(26,27)24(19-11-9-17(22)10-12-19)15-21(25)23-18-5-3-2-4-6-18/h2-14H,15H2,1H3,(H,23,25). The Labute approximate surface area is 173 Å². The van der Waals surface area contributed by atoms with E-state index in [4.69, 9.17) is 0 Å². The van der Waals surface area contributed by atoms with Crippen molar-refractivity contribution in [2.24, 2.45) is 0 Å². The van der Waals surface area contributed by atoms with Crippen molar-refractivity contribution in [3.63, 3.8) is 0 Å². The van der Waals surface area contributed by atoms with Crippen molar-refractivity contribution in [1.82, 2.24) is 0 Å². The summed E-state index contributed by atoms with van der Waals surface area (Å²) >= 11 is 3.35. The number of aryl methyl sites for hydroxylation is 1. The van der Waals surface area contributed by atoms with E-state index in [1.165, 1.54) is 0 Å². The number of hydrogen-bond acceptors (Lipinski definition) is 3. The van der Waals surface area contributed by atoms with E-state index < -0.39 is 15.9 Å². The summed E-state index contributed by atoms with van der Waals surface area (Å²) in [5.74, 6) is -0.426. The Morgan fingerprint density at radius 2 is 1.54 bits per heavy atom. The van der Waals surface area contributed by atoms with Crippen LogP contribution in [-0.4, -0.2) is 20.9 Å². The Morgan fingerprint density at radius 3 is 2.14 bits per heavy atom. The zero-order valence-electron chi connectivity index (χ0n) is 15.2. The van der Waals surface area contributed by atoms with E-state index in [9.17, 15) is 13.2 Å². The minimum atomic E-state index is -3.91. The van der Waals surface area contributed by atoms with Crippen LogP contribution in [0.3, 0.4) is 0 Å². The van der Waals surface area contributed by atoms with Crippen molar-refractivity contribution in [3.8, 4) is 0 Å². The molecule has 0 aliphatic heterocycles. The third kappa shape index (κ3) is 4.79. The number of anilines is 2. The largest absolute Gasteiger partial charge is 0.325 e. The number of carbonyl (C=O) groups excluding carboxylic acids is 1. The van der Waals surface area contributed by atoms with Crippen molar-refractivity contribution in [2.45, 2.75) is 11.8 Å². The Kier molecular flexibility index (Phi) is 6.16. The maximum atomic E-state index is 13.3. The normalized spacial score (nSPS) is 11.1. The molecule has 0 atom stereocenters. The Balaban J connectivity index is 1.94. The van der Waals surface area contributed by atoms with Crippen molar-refractivity contribution in [2.75, 3.05) is 16.2 Å². The molecule has 0 saturated carbocycles. The highest BCUT2D eigenvalue weighted by Gasteiger charge is 2.27. The number of nitrogens with zero attached hydrogens (tertiary/aromatic N) is 1. The SMILES string of the molecule is Cc1ccc(S(=O)(=O)N(CC(=O)Nc2ccccc2)c2ccc(Br)cc2)cc1. The van der Waals surface area contributed by atoms with Crippen LogP contribution in [-0.2, 0) is 14.8 Å². The average Bonchev–Trinajstić information content (AvgIpc) is 2.68. The molecule has 0 aromatic heterocycles. The quantitative estimate of drug-likeness (QED) is 0.587. The number of hydrogen-bond donors (Lipinski definition) is 1. The van der Waals surface area contributed by atoms with Gasteiger partial charge in [0.1, 0.15) is 6.54 Å². The molecule has 7 heteroatoms. The molecule has 0 saturated heterocycles. The van der Waals surface area contributed by atoms with Gasteiger partial charge in [0.25, 0.3) is 10.0 Å². The minimum Gasteiger partial charge on any atom is -0.325 e. The van der Waals surface area contributed by atoms with Crippen LogP contribution in [0.1, 0.15) is 5.56 Å². The summed E-state index contributed by atoms with van der Waals surface area (Å²) in [5.41, 5.74) is 1.97. The number of halogens is 1. The Hall–Kier alpha value is -2.64. The van der Waals surface area contributed by atoms with Crippen LogP contribution >= 0.6 is 15.9 Å². The zero-order valence-corrected chi connectivity index (χ0v) is 17.6. The summed E-state index contributed by atoms with van der Waals surface area (Å²) in [6.45, 7) is 1.54. The van der Waals surface area contributed by atoms with Crippen LogP contribution in [0.2, 0.25) is 0 Å². The molecule has 0 aliphatic carbocycles. The van der Waals surface area contributed by atoms with Gasteiger partial charge in [-0.3, -0.25) is 9.10 Å². The molecule has 5 nitrogen and oxygen atoms in total.